The molecule has 0 N–H and O–H groups in total. The minimum absolute atomic E-state index is 0.747. The molecule has 0 heterocycles. The van der Waals surface area contributed by atoms with Crippen molar-refractivity contribution in [1.29, 1.82) is 0 Å². The zero-order valence-electron chi connectivity index (χ0n) is 4.02. The lowest BCUT2D eigenvalue weighted by atomic mass is 10.5. The number of hydrogen-bond acceptors (Lipinski definition) is 1. The molecule has 0 unspecified atom stereocenters. The molecule has 0 aliphatic carbocycles. The van der Waals surface area contributed by atoms with Crippen molar-refractivity contribution in [2.45, 2.75) is 6.92 Å². The van der Waals surface area contributed by atoms with E-state index in [1.807, 2.05) is 19.1 Å². The van der Waals surface area contributed by atoms with Crippen LogP contribution in [0.5, 0.6) is 0 Å². The number of rotatable bonds is 2. The van der Waals surface area contributed by atoms with Gasteiger partial charge in [-0.2, -0.15) is 0 Å². The average Bonchev–Trinajstić information content (AvgIpc) is 1.61. The Hall–Kier alpha value is -0.590. The van der Waals surface area contributed by atoms with Gasteiger partial charge in [-0.1, -0.05) is 12.2 Å². The summed E-state index contributed by atoms with van der Waals surface area (Å²) < 4.78 is 0. The maximum atomic E-state index is 3.59. The lowest BCUT2D eigenvalue weighted by molar-refractivity contribution is 1.26. The zero-order chi connectivity index (χ0) is 4.83. The minimum atomic E-state index is 0.747. The molecular formula is C5H9N. The van der Waals surface area contributed by atoms with Gasteiger partial charge < -0.3 is 0 Å². The standard InChI is InChI=1S/C5H9N/c1-3-4-5-6-2/h3-4H,2,5H2,1H3. The van der Waals surface area contributed by atoms with Crippen molar-refractivity contribution in [1.82, 2.24) is 0 Å². The third-order valence-electron chi connectivity index (χ3n) is 0.470. The normalized spacial score (nSPS) is 9.50. The van der Waals surface area contributed by atoms with E-state index in [0.717, 1.165) is 6.54 Å². The summed E-state index contributed by atoms with van der Waals surface area (Å²) in [7, 11) is 0. The van der Waals surface area contributed by atoms with Crippen LogP contribution in [0.1, 0.15) is 6.92 Å². The van der Waals surface area contributed by atoms with Gasteiger partial charge in [0, 0.05) is 0 Å². The molecule has 0 atom stereocenters. The summed E-state index contributed by atoms with van der Waals surface area (Å²) in [5, 5.41) is 0. The summed E-state index contributed by atoms with van der Waals surface area (Å²) in [6.07, 6.45) is 3.90. The van der Waals surface area contributed by atoms with E-state index in [0.29, 0.717) is 0 Å². The highest BCUT2D eigenvalue weighted by Crippen LogP contribution is 1.68. The van der Waals surface area contributed by atoms with Crippen LogP contribution in [0.4, 0.5) is 0 Å². The molecule has 0 aliphatic rings. The van der Waals surface area contributed by atoms with E-state index >= 15 is 0 Å². The van der Waals surface area contributed by atoms with Gasteiger partial charge >= 0.3 is 0 Å². The molecule has 0 radical (unpaired) electrons. The molecule has 1 nitrogen and oxygen atoms in total. The summed E-state index contributed by atoms with van der Waals surface area (Å²) in [6.45, 7) is 6.01. The molecule has 1 heteroatoms. The van der Waals surface area contributed by atoms with E-state index < -0.39 is 0 Å². The van der Waals surface area contributed by atoms with Gasteiger partial charge in [-0.15, -0.1) is 0 Å². The maximum absolute atomic E-state index is 3.59. The van der Waals surface area contributed by atoms with Gasteiger partial charge in [0.25, 0.3) is 0 Å². The van der Waals surface area contributed by atoms with Crippen LogP contribution in [0.15, 0.2) is 17.1 Å². The first kappa shape index (κ1) is 5.41. The highest BCUT2D eigenvalue weighted by atomic mass is 14.6. The first-order valence-corrected chi connectivity index (χ1v) is 1.95. The van der Waals surface area contributed by atoms with Gasteiger partial charge in [0.1, 0.15) is 0 Å². The first-order valence-electron chi connectivity index (χ1n) is 1.95. The number of allylic oxidation sites excluding steroid dienone is 1. The number of nitrogens with zero attached hydrogens (tertiary/aromatic N) is 1. The highest BCUT2D eigenvalue weighted by molar-refractivity contribution is 5.23. The van der Waals surface area contributed by atoms with Gasteiger partial charge in [0.15, 0.2) is 0 Å². The molecule has 0 saturated carbocycles. The van der Waals surface area contributed by atoms with Crippen LogP contribution >= 0.6 is 0 Å². The molecule has 0 bridgehead atoms. The van der Waals surface area contributed by atoms with Crippen LogP contribution in [0.2, 0.25) is 0 Å². The van der Waals surface area contributed by atoms with Crippen molar-refractivity contribution in [3.63, 3.8) is 0 Å². The zero-order valence-corrected chi connectivity index (χ0v) is 4.02. The second-order valence-corrected chi connectivity index (χ2v) is 0.975. The van der Waals surface area contributed by atoms with Crippen LogP contribution in [-0.4, -0.2) is 13.3 Å². The van der Waals surface area contributed by atoms with Crippen LogP contribution in [0, 0.1) is 0 Å². The molecule has 0 spiro atoms. The molecule has 0 aromatic heterocycles. The van der Waals surface area contributed by atoms with E-state index in [9.17, 15) is 0 Å². The molecule has 0 aromatic rings. The van der Waals surface area contributed by atoms with Crippen molar-refractivity contribution < 1.29 is 0 Å². The van der Waals surface area contributed by atoms with E-state index in [2.05, 4.69) is 11.7 Å². The van der Waals surface area contributed by atoms with Crippen LogP contribution in [0.25, 0.3) is 0 Å². The summed E-state index contributed by atoms with van der Waals surface area (Å²) >= 11 is 0. The third kappa shape index (κ3) is 3.41. The summed E-state index contributed by atoms with van der Waals surface area (Å²) in [5.41, 5.74) is 0. The van der Waals surface area contributed by atoms with E-state index in [-0.39, 0.29) is 0 Å². The van der Waals surface area contributed by atoms with Crippen LogP contribution < -0.4 is 0 Å². The fourth-order valence-electron chi connectivity index (χ4n) is 0.180. The lowest BCUT2D eigenvalue weighted by Gasteiger charge is -1.71. The molecule has 0 aromatic carbocycles. The molecule has 0 amide bonds. The Morgan fingerprint density at radius 2 is 2.50 bits per heavy atom. The maximum Gasteiger partial charge on any atom is 0.0563 e. The van der Waals surface area contributed by atoms with Gasteiger partial charge in [-0.05, 0) is 13.6 Å². The molecule has 6 heavy (non-hydrogen) atoms. The molecule has 0 fully saturated rings. The lowest BCUT2D eigenvalue weighted by Crippen LogP contribution is -1.63. The third-order valence-corrected chi connectivity index (χ3v) is 0.470. The Kier molecular flexibility index (Phi) is 3.98. The molecule has 34 valence electrons. The Labute approximate surface area is 38.4 Å². The SMILES string of the molecule is C=NCC=CC. The van der Waals surface area contributed by atoms with Gasteiger partial charge in [-0.25, -0.2) is 0 Å². The molecular weight excluding hydrogens is 74.1 g/mol. The smallest absolute Gasteiger partial charge is 0.0563 e. The first-order chi connectivity index (χ1) is 2.91. The van der Waals surface area contributed by atoms with Gasteiger partial charge in [0.2, 0.25) is 0 Å². The Balaban J connectivity index is 2.85. The van der Waals surface area contributed by atoms with Crippen molar-refractivity contribution in [3.05, 3.63) is 12.2 Å². The predicted octanol–water partition coefficient (Wildman–Crippen LogP) is 1.26. The second-order valence-electron chi connectivity index (χ2n) is 0.975. The Morgan fingerprint density at radius 3 is 2.67 bits per heavy atom. The Morgan fingerprint density at radius 1 is 1.83 bits per heavy atom. The average molecular weight is 83.1 g/mol. The second kappa shape index (κ2) is 4.41. The van der Waals surface area contributed by atoms with Crippen LogP contribution in [0.3, 0.4) is 0 Å². The summed E-state index contributed by atoms with van der Waals surface area (Å²) in [6, 6.07) is 0. The van der Waals surface area contributed by atoms with E-state index in [1.54, 1.807) is 0 Å². The van der Waals surface area contributed by atoms with Crippen molar-refractivity contribution >= 4 is 6.72 Å². The van der Waals surface area contributed by atoms with Crippen molar-refractivity contribution in [3.8, 4) is 0 Å². The number of hydrogen-bond donors (Lipinski definition) is 0. The predicted molar refractivity (Wildman–Crippen MR) is 29.2 cm³/mol. The molecule has 0 aliphatic heterocycles. The summed E-state index contributed by atoms with van der Waals surface area (Å²) in [4.78, 5) is 3.59. The monoisotopic (exact) mass is 83.1 g/mol. The van der Waals surface area contributed by atoms with Gasteiger partial charge in [0.05, 0.1) is 6.54 Å². The fraction of sp³-hybridized carbons (Fsp3) is 0.400. The minimum Gasteiger partial charge on any atom is -0.297 e. The molecule has 0 rings (SSSR count). The number of aliphatic imine (C=N–C) groups is 1. The van der Waals surface area contributed by atoms with E-state index in [1.165, 1.54) is 0 Å². The van der Waals surface area contributed by atoms with E-state index in [4.69, 9.17) is 0 Å². The Bertz CT molecular complexity index is 55.0. The summed E-state index contributed by atoms with van der Waals surface area (Å²) in [5.74, 6) is 0. The van der Waals surface area contributed by atoms with Crippen molar-refractivity contribution in [2.75, 3.05) is 6.54 Å². The highest BCUT2D eigenvalue weighted by Gasteiger charge is 1.57. The quantitative estimate of drug-likeness (QED) is 0.352. The van der Waals surface area contributed by atoms with Gasteiger partial charge in [-0.3, -0.25) is 4.99 Å². The topological polar surface area (TPSA) is 12.4 Å². The molecule has 0 saturated heterocycles. The van der Waals surface area contributed by atoms with Crippen molar-refractivity contribution in [2.24, 2.45) is 4.99 Å². The fourth-order valence-corrected chi connectivity index (χ4v) is 0.180. The largest absolute Gasteiger partial charge is 0.297 e. The van der Waals surface area contributed by atoms with Crippen LogP contribution in [-0.2, 0) is 0 Å².